The molecule has 5 aromatic rings. The Bertz CT molecular complexity index is 2770. The molecule has 24 nitrogen and oxygen atoms in total. The fraction of sp³-hybridized carbons (Fsp3) is 0.103. The van der Waals surface area contributed by atoms with Crippen molar-refractivity contribution in [2.75, 3.05) is 28.9 Å². The fourth-order valence-corrected chi connectivity index (χ4v) is 7.59. The number of aromatic hydroxyl groups is 1. The number of hydrogen-bond acceptors (Lipinski definition) is 26. The van der Waals surface area contributed by atoms with Crippen LogP contribution in [0.3, 0.4) is 0 Å². The zero-order valence-electron chi connectivity index (χ0n) is 33.0. The van der Waals surface area contributed by atoms with E-state index < -0.39 is 81.6 Å². The number of benzene rings is 4. The first-order valence-electron chi connectivity index (χ1n) is 15.5. The van der Waals surface area contributed by atoms with Crippen LogP contribution in [0.15, 0.2) is 102 Å². The Labute approximate surface area is 457 Å². The minimum absolute atomic E-state index is 0. The van der Waals surface area contributed by atoms with E-state index in [1.807, 2.05) is 0 Å². The van der Waals surface area contributed by atoms with Gasteiger partial charge in [-0.3, -0.25) is 14.3 Å². The number of anilines is 3. The van der Waals surface area contributed by atoms with Gasteiger partial charge in [0, 0.05) is 22.5 Å². The first kappa shape index (κ1) is 60.9. The number of phenolic OH excluding ortho intramolecular Hbond substituents is 1. The number of halogens is 2. The van der Waals surface area contributed by atoms with Gasteiger partial charge in [-0.1, -0.05) is 0 Å². The summed E-state index contributed by atoms with van der Waals surface area (Å²) in [5.74, 6) is -4.13. The van der Waals surface area contributed by atoms with E-state index in [2.05, 4.69) is 59.8 Å². The molecule has 5 rings (SSSR count). The zero-order valence-corrected chi connectivity index (χ0v) is 45.1. The van der Waals surface area contributed by atoms with Gasteiger partial charge in [-0.2, -0.15) is 28.2 Å². The summed E-state index contributed by atoms with van der Waals surface area (Å²) in [6, 6.07) is 11.7. The van der Waals surface area contributed by atoms with Gasteiger partial charge in [0.1, 0.15) is 49.0 Å². The minimum Gasteiger partial charge on any atom is -0.747 e. The third-order valence-corrected chi connectivity index (χ3v) is 11.3. The number of phenols is 1. The van der Waals surface area contributed by atoms with Gasteiger partial charge in [-0.25, -0.2) is 25.3 Å². The summed E-state index contributed by atoms with van der Waals surface area (Å²) in [6.07, 6.45) is -1.45. The van der Waals surface area contributed by atoms with E-state index in [4.69, 9.17) is 4.18 Å². The molecule has 1 aromatic heterocycles. The predicted octanol–water partition coefficient (Wildman–Crippen LogP) is -8.17. The van der Waals surface area contributed by atoms with Crippen molar-refractivity contribution in [3.8, 4) is 5.75 Å². The quantitative estimate of drug-likeness (QED) is 0.00750. The number of rotatable bonds is 20. The summed E-state index contributed by atoms with van der Waals surface area (Å²) < 4.78 is 137. The van der Waals surface area contributed by atoms with E-state index in [1.165, 1.54) is 30.3 Å². The van der Waals surface area contributed by atoms with Crippen molar-refractivity contribution in [2.24, 2.45) is 20.5 Å². The number of nitrogens with one attached hydrogen (secondary N) is 2. The summed E-state index contributed by atoms with van der Waals surface area (Å²) in [5.41, 5.74) is -1.83. The summed E-state index contributed by atoms with van der Waals surface area (Å²) >= 11 is 0.309. The number of azo groups is 2. The molecule has 0 saturated carbocycles. The number of fused-ring (bicyclic) bond motifs is 1. The van der Waals surface area contributed by atoms with Crippen LogP contribution >= 0.6 is 24.4 Å². The minimum atomic E-state index is -5.29. The second-order valence-electron chi connectivity index (χ2n) is 11.1. The van der Waals surface area contributed by atoms with Gasteiger partial charge in [0.15, 0.2) is 27.9 Å². The maximum absolute atomic E-state index is 13.7. The molecule has 0 fully saturated rings. The third kappa shape index (κ3) is 17.7. The van der Waals surface area contributed by atoms with Crippen LogP contribution in [0.2, 0.25) is 0 Å². The van der Waals surface area contributed by atoms with Crippen LogP contribution in [0.1, 0.15) is 0 Å². The predicted molar refractivity (Wildman–Crippen MR) is 194 cm³/mol. The Morgan fingerprint density at radius 1 is 0.766 bits per heavy atom. The molecule has 4 aromatic carbocycles. The van der Waals surface area contributed by atoms with Crippen LogP contribution in [0, 0.1) is 12.0 Å². The topological polar surface area (TPSA) is 360 Å². The Balaban J connectivity index is 0.00000512. The SMILES string of the molecule is O=S(=O)([O-])CNc1ccc2c(O)c(N=Nc3ccc(S(=O)(=O)CCOSOO[O-])cc3)c(SOO[O-])cc2c1N=Nc1cc(Nc2cc(F)nc(F)n2)ccc1S(=O)(=O)[O-].[Na+].[Na+].[Na+].[Na+]. The van der Waals surface area contributed by atoms with E-state index in [0.29, 0.717) is 6.07 Å². The molecule has 0 bridgehead atoms. The maximum atomic E-state index is 13.7. The molecule has 0 aliphatic rings. The van der Waals surface area contributed by atoms with E-state index in [9.17, 15) is 58.8 Å². The molecule has 0 amide bonds. The molecule has 0 spiro atoms. The van der Waals surface area contributed by atoms with Crippen LogP contribution in [-0.4, -0.2) is 67.7 Å². The van der Waals surface area contributed by atoms with Crippen LogP contribution in [0.5, 0.6) is 5.75 Å². The first-order valence-corrected chi connectivity index (χ1v) is 21.5. The van der Waals surface area contributed by atoms with E-state index >= 15 is 0 Å². The molecule has 0 aliphatic carbocycles. The zero-order chi connectivity index (χ0) is 43.7. The molecule has 64 heavy (non-hydrogen) atoms. The smallest absolute Gasteiger partial charge is 0.747 e. The molecule has 35 heteroatoms. The first-order chi connectivity index (χ1) is 28.4. The average molecular weight is 1030 g/mol. The van der Waals surface area contributed by atoms with Crippen molar-refractivity contribution >= 4 is 105 Å². The largest absolute Gasteiger partial charge is 1.00 e. The van der Waals surface area contributed by atoms with Crippen LogP contribution in [0.4, 0.5) is 48.7 Å². The van der Waals surface area contributed by atoms with Crippen molar-refractivity contribution in [3.63, 3.8) is 0 Å². The van der Waals surface area contributed by atoms with Crippen LogP contribution in [-0.2, 0) is 53.0 Å². The van der Waals surface area contributed by atoms with Gasteiger partial charge in [-0.05, 0) is 60.7 Å². The molecular weight excluding hydrogens is 1010 g/mol. The van der Waals surface area contributed by atoms with Crippen molar-refractivity contribution in [3.05, 3.63) is 78.8 Å². The normalized spacial score (nSPS) is 11.7. The summed E-state index contributed by atoms with van der Waals surface area (Å²) in [5, 5.41) is 58.8. The number of sulfone groups is 1. The number of nitrogens with zero attached hydrogens (tertiary/aromatic N) is 6. The Morgan fingerprint density at radius 3 is 2.06 bits per heavy atom. The number of aromatic nitrogens is 2. The van der Waals surface area contributed by atoms with Crippen molar-refractivity contribution in [2.45, 2.75) is 14.7 Å². The Hall–Kier alpha value is -1.13. The molecule has 1 heterocycles. The second-order valence-corrected chi connectivity index (χ2v) is 17.2. The molecular formula is C29H20F2N8Na4O16S5. The molecule has 0 aliphatic heterocycles. The number of hydrogen-bond donors (Lipinski definition) is 3. The van der Waals surface area contributed by atoms with Gasteiger partial charge in [0.2, 0.25) is 5.95 Å². The molecule has 0 atom stereocenters. The monoisotopic (exact) mass is 1030 g/mol. The van der Waals surface area contributed by atoms with Crippen molar-refractivity contribution in [1.82, 2.24) is 9.97 Å². The maximum Gasteiger partial charge on any atom is 1.00 e. The summed E-state index contributed by atoms with van der Waals surface area (Å²) in [6.45, 7) is -0.377. The van der Waals surface area contributed by atoms with Crippen LogP contribution < -0.4 is 139 Å². The van der Waals surface area contributed by atoms with Gasteiger partial charge in [0.25, 0.3) is 0 Å². The molecule has 0 unspecified atom stereocenters. The van der Waals surface area contributed by atoms with E-state index in [-0.39, 0.29) is 193 Å². The summed E-state index contributed by atoms with van der Waals surface area (Å²) in [4.78, 5) is 4.85. The fourth-order valence-electron chi connectivity index (χ4n) is 4.78. The molecule has 320 valence electrons. The summed E-state index contributed by atoms with van der Waals surface area (Å²) in [7, 11) is -14.1. The van der Waals surface area contributed by atoms with Gasteiger partial charge >= 0.3 is 124 Å². The molecule has 0 saturated heterocycles. The second kappa shape index (κ2) is 27.8. The van der Waals surface area contributed by atoms with Crippen molar-refractivity contribution < 1.29 is 200 Å². The van der Waals surface area contributed by atoms with E-state index in [0.717, 1.165) is 30.3 Å². The van der Waals surface area contributed by atoms with Crippen LogP contribution in [0.25, 0.3) is 10.8 Å². The standard InChI is InChI=1S/C29H24F2N8O16S5.4Na/c30-24-13-25(35-29(31)34-24)33-16-3-8-23(60(48,49)50)21(11-16)37-38-26-19-12-22(56-54-52-41)27(28(40)18(19)6-7-20(26)32-14-59(45,46)47)39-36-15-1-4-17(5-2-15)58(43,44)10-9-51-57-55-53-42;;;;/h1-8,11-13,32,40-42H,9-10,14H2,(H,33,34,35)(H,45,46,47)(H,48,49,50);;;;/q;4*+1/p-4. The van der Waals surface area contributed by atoms with E-state index in [1.54, 1.807) is 0 Å². The Kier molecular flexibility index (Phi) is 26.4. The van der Waals surface area contributed by atoms with Crippen molar-refractivity contribution in [1.29, 1.82) is 0 Å². The molecule has 3 N–H and O–H groups in total. The Morgan fingerprint density at radius 2 is 1.44 bits per heavy atom. The molecule has 0 radical (unpaired) electrons. The van der Waals surface area contributed by atoms with Gasteiger partial charge in [0.05, 0.1) is 50.5 Å². The average Bonchev–Trinajstić information content (AvgIpc) is 3.17. The van der Waals surface area contributed by atoms with Gasteiger partial charge < -0.3 is 35.4 Å². The third-order valence-electron chi connectivity index (χ3n) is 7.22. The van der Waals surface area contributed by atoms with Gasteiger partial charge in [-0.15, -0.1) is 19.7 Å².